The van der Waals surface area contributed by atoms with Gasteiger partial charge in [0.15, 0.2) is 0 Å². The Kier molecular flexibility index (Phi) is 6.48. The number of thiazole rings is 1. The van der Waals surface area contributed by atoms with Crippen molar-refractivity contribution in [2.75, 3.05) is 13.1 Å². The fourth-order valence-electron chi connectivity index (χ4n) is 3.91. The zero-order valence-electron chi connectivity index (χ0n) is 17.9. The molecule has 0 spiro atoms. The molecule has 0 amide bonds. The van der Waals surface area contributed by atoms with Crippen LogP contribution in [0.2, 0.25) is 0 Å². The van der Waals surface area contributed by atoms with Gasteiger partial charge < -0.3 is 9.84 Å². The van der Waals surface area contributed by atoms with Crippen LogP contribution in [0.4, 0.5) is 8.78 Å². The van der Waals surface area contributed by atoms with E-state index in [4.69, 9.17) is 0 Å². The minimum absolute atomic E-state index is 0.103. The second-order valence-corrected chi connectivity index (χ2v) is 10.4. The third-order valence-electron chi connectivity index (χ3n) is 5.80. The summed E-state index contributed by atoms with van der Waals surface area (Å²) in [5, 5.41) is 10.8. The van der Waals surface area contributed by atoms with Gasteiger partial charge in [0.25, 0.3) is 0 Å². The average molecular weight is 438 g/mol. The quantitative estimate of drug-likeness (QED) is 0.583. The molecule has 3 heterocycles. The largest absolute Gasteiger partial charge is 0.512 e. The highest BCUT2D eigenvalue weighted by Crippen LogP contribution is 2.44. The van der Waals surface area contributed by atoms with Crippen LogP contribution in [0.15, 0.2) is 36.9 Å². The van der Waals surface area contributed by atoms with E-state index in [9.17, 15) is 13.9 Å². The van der Waals surface area contributed by atoms with Crippen molar-refractivity contribution in [2.24, 2.45) is 16.7 Å². The van der Waals surface area contributed by atoms with Crippen molar-refractivity contribution in [3.63, 3.8) is 0 Å². The normalized spacial score (nSPS) is 23.0. The Labute approximate surface area is 180 Å². The van der Waals surface area contributed by atoms with Crippen LogP contribution in [0.5, 0.6) is 5.88 Å². The van der Waals surface area contributed by atoms with Crippen LogP contribution in [0.3, 0.4) is 0 Å². The summed E-state index contributed by atoms with van der Waals surface area (Å²) < 4.78 is 29.9. The Balaban J connectivity index is 1.81. The van der Waals surface area contributed by atoms with Gasteiger partial charge >= 0.3 is 6.61 Å². The van der Waals surface area contributed by atoms with Gasteiger partial charge in [-0.1, -0.05) is 34.3 Å². The van der Waals surface area contributed by atoms with E-state index in [1.165, 1.54) is 17.5 Å². The van der Waals surface area contributed by atoms with Crippen LogP contribution < -0.4 is 4.74 Å². The van der Waals surface area contributed by atoms with Gasteiger partial charge in [-0.15, -0.1) is 11.3 Å². The Hall–Kier alpha value is -2.06. The Bertz CT molecular complexity index is 897. The van der Waals surface area contributed by atoms with Gasteiger partial charge in [0, 0.05) is 42.3 Å². The average Bonchev–Trinajstić information content (AvgIpc) is 3.08. The smallest absolute Gasteiger partial charge is 0.388 e. The molecular formula is C22H29F2N3O2S. The number of pyridine rings is 1. The van der Waals surface area contributed by atoms with Gasteiger partial charge in [0.1, 0.15) is 5.01 Å². The van der Waals surface area contributed by atoms with Gasteiger partial charge in [0.05, 0.1) is 11.3 Å². The third-order valence-corrected chi connectivity index (χ3v) is 6.82. The van der Waals surface area contributed by atoms with Crippen LogP contribution >= 0.6 is 11.3 Å². The van der Waals surface area contributed by atoms with Crippen LogP contribution in [-0.2, 0) is 6.54 Å². The molecular weight excluding hydrogens is 408 g/mol. The molecule has 1 fully saturated rings. The number of piperidine rings is 1. The molecule has 1 saturated heterocycles. The molecule has 0 aromatic carbocycles. The number of alkyl halides is 2. The maximum absolute atomic E-state index is 12.7. The number of aliphatic hydroxyl groups excluding tert-OH is 1. The number of aromatic nitrogens is 2. The van der Waals surface area contributed by atoms with Crippen molar-refractivity contribution in [3.05, 3.63) is 41.7 Å². The second-order valence-electron chi connectivity index (χ2n) is 9.31. The third kappa shape index (κ3) is 5.16. The topological polar surface area (TPSA) is 58.5 Å². The number of rotatable bonds is 6. The maximum atomic E-state index is 12.7. The Morgan fingerprint density at radius 1 is 1.43 bits per heavy atom. The highest BCUT2D eigenvalue weighted by Gasteiger charge is 2.42. The summed E-state index contributed by atoms with van der Waals surface area (Å²) in [4.78, 5) is 11.7. The molecule has 0 radical (unpaired) electrons. The van der Waals surface area contributed by atoms with E-state index < -0.39 is 6.61 Å². The molecule has 8 heteroatoms. The highest BCUT2D eigenvalue weighted by molar-refractivity contribution is 7.15. The monoisotopic (exact) mass is 437 g/mol. The molecule has 2 aromatic heterocycles. The van der Waals surface area contributed by atoms with Crippen LogP contribution in [0.1, 0.15) is 39.0 Å². The molecule has 1 N–H and O–H groups in total. The number of nitrogens with zero attached hydrogens (tertiary/aromatic N) is 3. The first kappa shape index (κ1) is 22.6. The molecule has 30 heavy (non-hydrogen) atoms. The van der Waals surface area contributed by atoms with E-state index in [2.05, 4.69) is 53.9 Å². The predicted molar refractivity (Wildman–Crippen MR) is 115 cm³/mol. The summed E-state index contributed by atoms with van der Waals surface area (Å²) in [6.45, 7) is 11.9. The van der Waals surface area contributed by atoms with Crippen LogP contribution in [-0.4, -0.2) is 39.7 Å². The van der Waals surface area contributed by atoms with Gasteiger partial charge in [0.2, 0.25) is 5.88 Å². The lowest BCUT2D eigenvalue weighted by Crippen LogP contribution is -2.49. The molecule has 1 aliphatic rings. The molecule has 5 nitrogen and oxygen atoms in total. The van der Waals surface area contributed by atoms with E-state index in [1.54, 1.807) is 18.3 Å². The van der Waals surface area contributed by atoms with E-state index in [0.29, 0.717) is 29.6 Å². The fourth-order valence-corrected chi connectivity index (χ4v) is 4.88. The first-order chi connectivity index (χ1) is 14.0. The highest BCUT2D eigenvalue weighted by atomic mass is 32.1. The van der Waals surface area contributed by atoms with Crippen LogP contribution in [0.25, 0.3) is 10.6 Å². The fraction of sp³-hybridized carbons (Fsp3) is 0.545. The summed E-state index contributed by atoms with van der Waals surface area (Å²) in [5.74, 6) is 0.496. The standard InChI is InChI=1S/C22H29F2N3O2S/c1-14(28)22(5)9-15(21(2,3)4)11-27(13-22)12-16-10-26-19(30-16)17-7-6-8-25-18(17)29-20(23)24/h6-8,10,15,20,28H,1,9,11-13H2,2-5H3/t15-,22-/m1/s1. The summed E-state index contributed by atoms with van der Waals surface area (Å²) >= 11 is 1.44. The van der Waals surface area contributed by atoms with Gasteiger partial charge in [-0.3, -0.25) is 4.90 Å². The molecule has 0 unspecified atom stereocenters. The maximum Gasteiger partial charge on any atom is 0.388 e. The molecule has 0 bridgehead atoms. The van der Waals surface area contributed by atoms with Crippen molar-refractivity contribution in [3.8, 4) is 16.5 Å². The Morgan fingerprint density at radius 3 is 2.80 bits per heavy atom. The van der Waals surface area contributed by atoms with Crippen LogP contribution in [0, 0.1) is 16.7 Å². The van der Waals surface area contributed by atoms with Crippen molar-refractivity contribution in [1.29, 1.82) is 0 Å². The summed E-state index contributed by atoms with van der Waals surface area (Å²) in [6.07, 6.45) is 4.07. The molecule has 3 rings (SSSR count). The second kappa shape index (κ2) is 8.59. The minimum Gasteiger partial charge on any atom is -0.512 e. The summed E-state index contributed by atoms with van der Waals surface area (Å²) in [7, 11) is 0. The minimum atomic E-state index is -2.94. The molecule has 164 valence electrons. The Morgan fingerprint density at radius 2 is 2.17 bits per heavy atom. The molecule has 2 aromatic rings. The zero-order valence-corrected chi connectivity index (χ0v) is 18.7. The number of aliphatic hydroxyl groups is 1. The predicted octanol–water partition coefficient (Wildman–Crippen LogP) is 5.75. The first-order valence-corrected chi connectivity index (χ1v) is 10.8. The SMILES string of the molecule is C=C(O)[C@]1(C)C[C@@H](C(C)(C)C)CN(Cc2cnc(-c3cccnc3OC(F)F)s2)C1. The zero-order chi connectivity index (χ0) is 22.1. The lowest BCUT2D eigenvalue weighted by Gasteiger charge is -2.48. The lowest BCUT2D eigenvalue weighted by molar-refractivity contribution is -0.0524. The molecule has 0 aliphatic carbocycles. The van der Waals surface area contributed by atoms with E-state index in [0.717, 1.165) is 17.8 Å². The van der Waals surface area contributed by atoms with Crippen molar-refractivity contribution in [2.45, 2.75) is 47.3 Å². The number of likely N-dealkylation sites (tertiary alicyclic amines) is 1. The summed E-state index contributed by atoms with van der Waals surface area (Å²) in [5.41, 5.74) is 0.186. The number of hydrogen-bond acceptors (Lipinski definition) is 6. The lowest BCUT2D eigenvalue weighted by atomic mass is 9.67. The molecule has 1 aliphatic heterocycles. The number of hydrogen-bond donors (Lipinski definition) is 1. The van der Waals surface area contributed by atoms with E-state index in [1.807, 2.05) is 0 Å². The van der Waals surface area contributed by atoms with Crippen molar-refractivity contribution >= 4 is 11.3 Å². The van der Waals surface area contributed by atoms with Gasteiger partial charge in [-0.25, -0.2) is 9.97 Å². The molecule has 2 atom stereocenters. The number of ether oxygens (including phenoxy) is 1. The summed E-state index contributed by atoms with van der Waals surface area (Å²) in [6, 6.07) is 3.35. The van der Waals surface area contributed by atoms with E-state index >= 15 is 0 Å². The van der Waals surface area contributed by atoms with Crippen molar-refractivity contribution in [1.82, 2.24) is 14.9 Å². The van der Waals surface area contributed by atoms with Gasteiger partial charge in [-0.2, -0.15) is 8.78 Å². The van der Waals surface area contributed by atoms with E-state index in [-0.39, 0.29) is 22.5 Å². The number of halogens is 2. The van der Waals surface area contributed by atoms with Gasteiger partial charge in [-0.05, 0) is 29.9 Å². The molecule has 0 saturated carbocycles. The first-order valence-electron chi connectivity index (χ1n) is 9.93. The van der Waals surface area contributed by atoms with Crippen molar-refractivity contribution < 1.29 is 18.6 Å².